The number of nitro groups is 1. The van der Waals surface area contributed by atoms with E-state index in [2.05, 4.69) is 20.9 Å². The average Bonchev–Trinajstić information content (AvgIpc) is 2.67. The van der Waals surface area contributed by atoms with Gasteiger partial charge in [0.05, 0.1) is 4.92 Å². The standard InChI is InChI=1S/C10H12BrN3O2/c1-10(2)7(9(10)12)8-6(14(15)16)3-5(11)4-13-8/h3-4,7,9H,12H2,1-2H3/t7-,9-/m0/s1. The Morgan fingerprint density at radius 1 is 1.62 bits per heavy atom. The zero-order valence-corrected chi connectivity index (χ0v) is 10.6. The minimum Gasteiger partial charge on any atom is -0.327 e. The van der Waals surface area contributed by atoms with Gasteiger partial charge in [-0.05, 0) is 21.3 Å². The van der Waals surface area contributed by atoms with Crippen molar-refractivity contribution in [3.05, 3.63) is 32.5 Å². The minimum atomic E-state index is -0.409. The van der Waals surface area contributed by atoms with Gasteiger partial charge >= 0.3 is 0 Å². The van der Waals surface area contributed by atoms with Gasteiger partial charge in [-0.3, -0.25) is 15.1 Å². The van der Waals surface area contributed by atoms with Gasteiger partial charge in [-0.1, -0.05) is 13.8 Å². The van der Waals surface area contributed by atoms with E-state index in [0.717, 1.165) is 0 Å². The smallest absolute Gasteiger partial charge is 0.292 e. The molecule has 0 unspecified atom stereocenters. The van der Waals surface area contributed by atoms with E-state index in [1.54, 1.807) is 6.20 Å². The lowest BCUT2D eigenvalue weighted by atomic mass is 10.1. The Bertz CT molecular complexity index is 461. The van der Waals surface area contributed by atoms with Crippen LogP contribution in [0.25, 0.3) is 0 Å². The molecule has 1 aliphatic carbocycles. The van der Waals surface area contributed by atoms with Gasteiger partial charge in [-0.2, -0.15) is 0 Å². The maximum atomic E-state index is 10.9. The fraction of sp³-hybridized carbons (Fsp3) is 0.500. The summed E-state index contributed by atoms with van der Waals surface area (Å²) in [5, 5.41) is 10.9. The molecule has 2 N–H and O–H groups in total. The average molecular weight is 286 g/mol. The first-order valence-corrected chi connectivity index (χ1v) is 5.70. The summed E-state index contributed by atoms with van der Waals surface area (Å²) in [5.41, 5.74) is 6.34. The predicted octanol–water partition coefficient (Wildman–Crippen LogP) is 2.20. The maximum Gasteiger partial charge on any atom is 0.292 e. The van der Waals surface area contributed by atoms with Crippen molar-refractivity contribution in [2.45, 2.75) is 25.8 Å². The highest BCUT2D eigenvalue weighted by Crippen LogP contribution is 2.58. The molecule has 0 spiro atoms. The summed E-state index contributed by atoms with van der Waals surface area (Å²) in [5.74, 6) is -0.0269. The summed E-state index contributed by atoms with van der Waals surface area (Å²) in [7, 11) is 0. The number of nitrogens with two attached hydrogens (primary N) is 1. The van der Waals surface area contributed by atoms with Gasteiger partial charge in [-0.15, -0.1) is 0 Å². The summed E-state index contributed by atoms with van der Waals surface area (Å²) in [6.45, 7) is 3.99. The predicted molar refractivity (Wildman–Crippen MR) is 63.1 cm³/mol. The molecular weight excluding hydrogens is 274 g/mol. The zero-order valence-electron chi connectivity index (χ0n) is 8.98. The maximum absolute atomic E-state index is 10.9. The lowest BCUT2D eigenvalue weighted by Gasteiger charge is -2.03. The summed E-state index contributed by atoms with van der Waals surface area (Å²) in [6, 6.07) is 1.42. The normalized spacial score (nSPS) is 26.5. The van der Waals surface area contributed by atoms with Gasteiger partial charge in [-0.25, -0.2) is 0 Å². The summed E-state index contributed by atoms with van der Waals surface area (Å²) in [6.07, 6.45) is 1.57. The van der Waals surface area contributed by atoms with E-state index >= 15 is 0 Å². The first kappa shape index (κ1) is 11.5. The van der Waals surface area contributed by atoms with Crippen molar-refractivity contribution in [1.29, 1.82) is 0 Å². The third-order valence-electron chi connectivity index (χ3n) is 3.27. The Morgan fingerprint density at radius 2 is 2.19 bits per heavy atom. The Morgan fingerprint density at radius 3 is 2.62 bits per heavy atom. The van der Waals surface area contributed by atoms with E-state index in [9.17, 15) is 10.1 Å². The molecule has 0 bridgehead atoms. The van der Waals surface area contributed by atoms with Crippen LogP contribution in [0.15, 0.2) is 16.7 Å². The molecule has 1 aromatic rings. The van der Waals surface area contributed by atoms with Gasteiger partial charge in [0.2, 0.25) is 0 Å². The first-order valence-electron chi connectivity index (χ1n) is 4.91. The number of halogens is 1. The number of rotatable bonds is 2. The molecule has 1 aromatic heterocycles. The molecular formula is C10H12BrN3O2. The number of hydrogen-bond donors (Lipinski definition) is 1. The van der Waals surface area contributed by atoms with Gasteiger partial charge in [0.1, 0.15) is 5.69 Å². The van der Waals surface area contributed by atoms with E-state index < -0.39 is 4.92 Å². The van der Waals surface area contributed by atoms with Crippen LogP contribution >= 0.6 is 15.9 Å². The summed E-state index contributed by atoms with van der Waals surface area (Å²) in [4.78, 5) is 14.7. The summed E-state index contributed by atoms with van der Waals surface area (Å²) >= 11 is 3.18. The quantitative estimate of drug-likeness (QED) is 0.667. The third-order valence-corrected chi connectivity index (χ3v) is 3.70. The first-order chi connectivity index (χ1) is 7.35. The van der Waals surface area contributed by atoms with E-state index in [0.29, 0.717) is 10.2 Å². The molecule has 2 atom stereocenters. The molecule has 0 amide bonds. The van der Waals surface area contributed by atoms with E-state index in [4.69, 9.17) is 5.73 Å². The van der Waals surface area contributed by atoms with Crippen LogP contribution in [0.5, 0.6) is 0 Å². The molecule has 86 valence electrons. The van der Waals surface area contributed by atoms with Crippen LogP contribution in [0.4, 0.5) is 5.69 Å². The molecule has 2 rings (SSSR count). The highest BCUT2D eigenvalue weighted by Gasteiger charge is 2.59. The van der Waals surface area contributed by atoms with Gasteiger partial charge in [0, 0.05) is 28.7 Å². The van der Waals surface area contributed by atoms with Crippen molar-refractivity contribution in [1.82, 2.24) is 4.98 Å². The lowest BCUT2D eigenvalue weighted by Crippen LogP contribution is -2.07. The van der Waals surface area contributed by atoms with Crippen molar-refractivity contribution in [2.24, 2.45) is 11.1 Å². The van der Waals surface area contributed by atoms with Crippen LogP contribution in [0.1, 0.15) is 25.5 Å². The Labute approximate surface area is 101 Å². The molecule has 0 aromatic carbocycles. The van der Waals surface area contributed by atoms with Crippen molar-refractivity contribution in [3.8, 4) is 0 Å². The topological polar surface area (TPSA) is 82.0 Å². The molecule has 16 heavy (non-hydrogen) atoms. The molecule has 1 heterocycles. The Kier molecular flexibility index (Phi) is 2.51. The monoisotopic (exact) mass is 285 g/mol. The number of hydrogen-bond acceptors (Lipinski definition) is 4. The SMILES string of the molecule is CC1(C)[C@@H](N)[C@@H]1c1ncc(Br)cc1[N+](=O)[O-]. The van der Waals surface area contributed by atoms with Crippen LogP contribution in [0, 0.1) is 15.5 Å². The van der Waals surface area contributed by atoms with Crippen LogP contribution in [-0.2, 0) is 0 Å². The lowest BCUT2D eigenvalue weighted by molar-refractivity contribution is -0.386. The number of aromatic nitrogens is 1. The van der Waals surface area contributed by atoms with Crippen molar-refractivity contribution in [2.75, 3.05) is 0 Å². The second-order valence-electron chi connectivity index (χ2n) is 4.64. The summed E-state index contributed by atoms with van der Waals surface area (Å²) < 4.78 is 0.606. The van der Waals surface area contributed by atoms with E-state index in [1.807, 2.05) is 13.8 Å². The van der Waals surface area contributed by atoms with Crippen molar-refractivity contribution in [3.63, 3.8) is 0 Å². The largest absolute Gasteiger partial charge is 0.327 e. The van der Waals surface area contributed by atoms with Gasteiger partial charge in [0.15, 0.2) is 0 Å². The Balaban J connectivity index is 2.47. The zero-order chi connectivity index (χ0) is 12.1. The van der Waals surface area contributed by atoms with Gasteiger partial charge < -0.3 is 5.73 Å². The molecule has 0 radical (unpaired) electrons. The third kappa shape index (κ3) is 1.62. The second kappa shape index (κ2) is 3.49. The van der Waals surface area contributed by atoms with Crippen molar-refractivity contribution >= 4 is 21.6 Å². The Hall–Kier alpha value is -1.01. The van der Waals surface area contributed by atoms with Crippen molar-refractivity contribution < 1.29 is 4.92 Å². The van der Waals surface area contributed by atoms with Gasteiger partial charge in [0.25, 0.3) is 5.69 Å². The fourth-order valence-electron chi connectivity index (χ4n) is 2.03. The number of nitrogens with zero attached hydrogens (tertiary/aromatic N) is 2. The fourth-order valence-corrected chi connectivity index (χ4v) is 2.34. The van der Waals surface area contributed by atoms with Crippen LogP contribution < -0.4 is 5.73 Å². The molecule has 0 aliphatic heterocycles. The molecule has 5 nitrogen and oxygen atoms in total. The highest BCUT2D eigenvalue weighted by atomic mass is 79.9. The highest BCUT2D eigenvalue weighted by molar-refractivity contribution is 9.10. The molecule has 1 fully saturated rings. The molecule has 6 heteroatoms. The molecule has 1 saturated carbocycles. The van der Waals surface area contributed by atoms with E-state index in [1.165, 1.54) is 6.07 Å². The minimum absolute atomic E-state index is 0.0269. The second-order valence-corrected chi connectivity index (χ2v) is 5.56. The van der Waals surface area contributed by atoms with Crippen LogP contribution in [-0.4, -0.2) is 15.9 Å². The molecule has 1 aliphatic rings. The molecule has 0 saturated heterocycles. The number of pyridine rings is 1. The van der Waals surface area contributed by atoms with Crippen LogP contribution in [0.2, 0.25) is 0 Å². The van der Waals surface area contributed by atoms with Crippen LogP contribution in [0.3, 0.4) is 0 Å². The van der Waals surface area contributed by atoms with E-state index in [-0.39, 0.29) is 23.1 Å².